The molecule has 2 heteroatoms. The average Bonchev–Trinajstić information content (AvgIpc) is 2.18. The molecule has 82 valence electrons. The van der Waals surface area contributed by atoms with Gasteiger partial charge in [0.05, 0.1) is 6.61 Å². The summed E-state index contributed by atoms with van der Waals surface area (Å²) in [7, 11) is 0. The molecule has 0 aliphatic rings. The lowest BCUT2D eigenvalue weighted by Gasteiger charge is -2.13. The van der Waals surface area contributed by atoms with Crippen molar-refractivity contribution in [2.75, 3.05) is 6.61 Å². The zero-order chi connectivity index (χ0) is 11.4. The number of carbonyl (C=O) groups excluding carboxylic acids is 1. The van der Waals surface area contributed by atoms with Crippen molar-refractivity contribution in [1.29, 1.82) is 0 Å². The van der Waals surface area contributed by atoms with Gasteiger partial charge in [-0.2, -0.15) is 0 Å². The van der Waals surface area contributed by atoms with Crippen LogP contribution in [0.5, 0.6) is 5.75 Å². The Morgan fingerprint density at radius 3 is 2.53 bits per heavy atom. The summed E-state index contributed by atoms with van der Waals surface area (Å²) in [6, 6.07) is 5.63. The molecular formula is C13H18O2. The van der Waals surface area contributed by atoms with Crippen LogP contribution < -0.4 is 4.74 Å². The van der Waals surface area contributed by atoms with Crippen LogP contribution in [0.1, 0.15) is 49.5 Å². The van der Waals surface area contributed by atoms with Crippen molar-refractivity contribution < 1.29 is 9.53 Å². The Hall–Kier alpha value is -1.31. The third-order valence-electron chi connectivity index (χ3n) is 2.34. The zero-order valence-electron chi connectivity index (χ0n) is 9.83. The van der Waals surface area contributed by atoms with E-state index in [0.29, 0.717) is 12.5 Å². The largest absolute Gasteiger partial charge is 0.494 e. The monoisotopic (exact) mass is 206 g/mol. The zero-order valence-corrected chi connectivity index (χ0v) is 9.83. The second-order valence-electron chi connectivity index (χ2n) is 3.90. The van der Waals surface area contributed by atoms with Gasteiger partial charge in [-0.05, 0) is 43.5 Å². The first-order valence-electron chi connectivity index (χ1n) is 5.34. The quantitative estimate of drug-likeness (QED) is 0.706. The molecule has 0 fully saturated rings. The van der Waals surface area contributed by atoms with Crippen LogP contribution in [0.4, 0.5) is 0 Å². The molecule has 0 saturated carbocycles. The number of Topliss-reactive ketones (excluding diaryl/α,β-unsaturated/α-hetero) is 1. The molecule has 0 N–H and O–H groups in total. The van der Waals surface area contributed by atoms with E-state index < -0.39 is 0 Å². The predicted octanol–water partition coefficient (Wildman–Crippen LogP) is 3.41. The molecular weight excluding hydrogens is 188 g/mol. The Morgan fingerprint density at radius 1 is 1.40 bits per heavy atom. The van der Waals surface area contributed by atoms with Crippen LogP contribution in [0.25, 0.3) is 0 Å². The molecule has 0 amide bonds. The Kier molecular flexibility index (Phi) is 3.89. The average molecular weight is 206 g/mol. The van der Waals surface area contributed by atoms with E-state index in [4.69, 9.17) is 4.74 Å². The van der Waals surface area contributed by atoms with Crippen molar-refractivity contribution in [3.63, 3.8) is 0 Å². The lowest BCUT2D eigenvalue weighted by molar-refractivity contribution is 0.101. The van der Waals surface area contributed by atoms with Crippen LogP contribution >= 0.6 is 0 Å². The molecule has 0 radical (unpaired) electrons. The maximum Gasteiger partial charge on any atom is 0.159 e. The van der Waals surface area contributed by atoms with Crippen LogP contribution in [-0.4, -0.2) is 12.4 Å². The second kappa shape index (κ2) is 4.96. The number of ketones is 1. The van der Waals surface area contributed by atoms with Crippen LogP contribution in [-0.2, 0) is 0 Å². The second-order valence-corrected chi connectivity index (χ2v) is 3.90. The summed E-state index contributed by atoms with van der Waals surface area (Å²) in [5.74, 6) is 1.35. The first-order chi connectivity index (χ1) is 7.06. The van der Waals surface area contributed by atoms with Gasteiger partial charge in [-0.25, -0.2) is 0 Å². The smallest absolute Gasteiger partial charge is 0.159 e. The van der Waals surface area contributed by atoms with E-state index in [-0.39, 0.29) is 5.78 Å². The number of hydrogen-bond donors (Lipinski definition) is 0. The Morgan fingerprint density at radius 2 is 2.07 bits per heavy atom. The summed E-state index contributed by atoms with van der Waals surface area (Å²) in [5, 5.41) is 0. The van der Waals surface area contributed by atoms with Crippen molar-refractivity contribution >= 4 is 5.78 Å². The van der Waals surface area contributed by atoms with E-state index >= 15 is 0 Å². The highest BCUT2D eigenvalue weighted by molar-refractivity contribution is 5.94. The highest BCUT2D eigenvalue weighted by Crippen LogP contribution is 2.27. The number of carbonyl (C=O) groups is 1. The van der Waals surface area contributed by atoms with Gasteiger partial charge in [0.25, 0.3) is 0 Å². The van der Waals surface area contributed by atoms with Gasteiger partial charge in [0.2, 0.25) is 0 Å². The fourth-order valence-corrected chi connectivity index (χ4v) is 1.51. The number of rotatable bonds is 4. The van der Waals surface area contributed by atoms with Gasteiger partial charge in [-0.1, -0.05) is 13.8 Å². The Balaban J connectivity index is 3.14. The molecule has 0 heterocycles. The standard InChI is InChI=1S/C13H18O2/c1-5-15-13-7-6-11(10(4)14)8-12(13)9(2)3/h6-9H,5H2,1-4H3. The fraction of sp³-hybridized carbons (Fsp3) is 0.462. The lowest BCUT2D eigenvalue weighted by Crippen LogP contribution is -2.01. The van der Waals surface area contributed by atoms with Crippen LogP contribution in [0.3, 0.4) is 0 Å². The highest BCUT2D eigenvalue weighted by atomic mass is 16.5. The minimum absolute atomic E-state index is 0.0972. The first-order valence-corrected chi connectivity index (χ1v) is 5.34. The Bertz CT molecular complexity index is 354. The van der Waals surface area contributed by atoms with Crippen molar-refractivity contribution in [3.05, 3.63) is 29.3 Å². The van der Waals surface area contributed by atoms with Crippen LogP contribution in [0.15, 0.2) is 18.2 Å². The summed E-state index contributed by atoms with van der Waals surface area (Å²) < 4.78 is 5.52. The summed E-state index contributed by atoms with van der Waals surface area (Å²) in [6.07, 6.45) is 0. The maximum atomic E-state index is 11.2. The molecule has 0 saturated heterocycles. The fourth-order valence-electron chi connectivity index (χ4n) is 1.51. The molecule has 1 aromatic rings. The van der Waals surface area contributed by atoms with Gasteiger partial charge in [-0.3, -0.25) is 4.79 Å². The van der Waals surface area contributed by atoms with E-state index in [2.05, 4.69) is 13.8 Å². The molecule has 0 aliphatic heterocycles. The van der Waals surface area contributed by atoms with Gasteiger partial charge in [0.1, 0.15) is 5.75 Å². The van der Waals surface area contributed by atoms with E-state index in [9.17, 15) is 4.79 Å². The molecule has 1 aromatic carbocycles. The van der Waals surface area contributed by atoms with Gasteiger partial charge >= 0.3 is 0 Å². The molecule has 1 rings (SSSR count). The van der Waals surface area contributed by atoms with Crippen molar-refractivity contribution in [2.45, 2.75) is 33.6 Å². The molecule has 0 unspecified atom stereocenters. The van der Waals surface area contributed by atoms with Crippen LogP contribution in [0, 0.1) is 0 Å². The molecule has 15 heavy (non-hydrogen) atoms. The van der Waals surface area contributed by atoms with Gasteiger partial charge in [0.15, 0.2) is 5.78 Å². The minimum atomic E-state index is 0.0972. The molecule has 0 bridgehead atoms. The first kappa shape index (κ1) is 11.8. The lowest BCUT2D eigenvalue weighted by atomic mass is 9.98. The topological polar surface area (TPSA) is 26.3 Å². The molecule has 2 nitrogen and oxygen atoms in total. The van der Waals surface area contributed by atoms with E-state index in [1.54, 1.807) is 6.92 Å². The minimum Gasteiger partial charge on any atom is -0.494 e. The van der Waals surface area contributed by atoms with E-state index in [1.807, 2.05) is 25.1 Å². The summed E-state index contributed by atoms with van der Waals surface area (Å²) >= 11 is 0. The van der Waals surface area contributed by atoms with Crippen molar-refractivity contribution in [2.24, 2.45) is 0 Å². The van der Waals surface area contributed by atoms with Crippen molar-refractivity contribution in [3.8, 4) is 5.75 Å². The van der Waals surface area contributed by atoms with E-state index in [0.717, 1.165) is 16.9 Å². The maximum absolute atomic E-state index is 11.2. The normalized spacial score (nSPS) is 10.5. The number of hydrogen-bond acceptors (Lipinski definition) is 2. The summed E-state index contributed by atoms with van der Waals surface area (Å²) in [5.41, 5.74) is 1.85. The molecule has 0 atom stereocenters. The third kappa shape index (κ3) is 2.82. The Labute approximate surface area is 91.3 Å². The number of benzene rings is 1. The summed E-state index contributed by atoms with van der Waals surface area (Å²) in [6.45, 7) is 8.39. The van der Waals surface area contributed by atoms with Gasteiger partial charge in [0, 0.05) is 5.56 Å². The molecule has 0 spiro atoms. The van der Waals surface area contributed by atoms with Crippen LogP contribution in [0.2, 0.25) is 0 Å². The van der Waals surface area contributed by atoms with Crippen molar-refractivity contribution in [1.82, 2.24) is 0 Å². The summed E-state index contributed by atoms with van der Waals surface area (Å²) in [4.78, 5) is 11.2. The SMILES string of the molecule is CCOc1ccc(C(C)=O)cc1C(C)C. The predicted molar refractivity (Wildman–Crippen MR) is 61.7 cm³/mol. The van der Waals surface area contributed by atoms with Gasteiger partial charge < -0.3 is 4.74 Å². The van der Waals surface area contributed by atoms with E-state index in [1.165, 1.54) is 0 Å². The van der Waals surface area contributed by atoms with Gasteiger partial charge in [-0.15, -0.1) is 0 Å². The highest BCUT2D eigenvalue weighted by Gasteiger charge is 2.10. The third-order valence-corrected chi connectivity index (χ3v) is 2.34. The molecule has 0 aliphatic carbocycles. The molecule has 0 aromatic heterocycles. The number of ether oxygens (including phenoxy) is 1.